The maximum Gasteiger partial charge on any atom is 0.229 e. The van der Waals surface area contributed by atoms with Crippen molar-refractivity contribution in [2.24, 2.45) is 0 Å². The fourth-order valence-electron chi connectivity index (χ4n) is 2.05. The smallest absolute Gasteiger partial charge is 0.229 e. The van der Waals surface area contributed by atoms with Crippen LogP contribution in [-0.4, -0.2) is 11.6 Å². The highest BCUT2D eigenvalue weighted by Crippen LogP contribution is 2.26. The number of fused-ring (bicyclic) bond motifs is 1. The number of ether oxygens (including phenoxy) is 1. The lowest BCUT2D eigenvalue weighted by Gasteiger charge is -2.15. The number of carbonyl (C=O) groups excluding carboxylic acids is 2. The summed E-state index contributed by atoms with van der Waals surface area (Å²) in [6, 6.07) is 9.60. The summed E-state index contributed by atoms with van der Waals surface area (Å²) in [6.07, 6.45) is 0.981. The van der Waals surface area contributed by atoms with Crippen molar-refractivity contribution in [3.63, 3.8) is 0 Å². The molecule has 3 nitrogen and oxygen atoms in total. The Bertz CT molecular complexity index is 794. The number of halogens is 2. The Morgan fingerprint density at radius 2 is 1.57 bits per heavy atom. The minimum atomic E-state index is -1.21. The van der Waals surface area contributed by atoms with Gasteiger partial charge in [0.25, 0.3) is 0 Å². The number of hydrogen-bond donors (Lipinski definition) is 0. The molecule has 3 rings (SSSR count). The largest absolute Gasteiger partial charge is 0.450 e. The van der Waals surface area contributed by atoms with Crippen LogP contribution >= 0.6 is 0 Å². The van der Waals surface area contributed by atoms with Crippen LogP contribution < -0.4 is 4.74 Å². The number of carbonyl (C=O) groups is 2. The molecule has 0 N–H and O–H groups in total. The first-order valence-electron chi connectivity index (χ1n) is 6.09. The van der Waals surface area contributed by atoms with E-state index < -0.39 is 29.0 Å². The summed E-state index contributed by atoms with van der Waals surface area (Å²) >= 11 is 0. The van der Waals surface area contributed by atoms with Crippen LogP contribution in [0, 0.1) is 11.6 Å². The topological polar surface area (TPSA) is 43.4 Å². The van der Waals surface area contributed by atoms with Gasteiger partial charge < -0.3 is 4.74 Å². The number of hydrogen-bond acceptors (Lipinski definition) is 3. The molecular formula is C16H8F2O3. The molecule has 0 bridgehead atoms. The van der Waals surface area contributed by atoms with Crippen molar-refractivity contribution in [1.29, 1.82) is 0 Å². The van der Waals surface area contributed by atoms with Gasteiger partial charge in [0.05, 0.1) is 0 Å². The van der Waals surface area contributed by atoms with Gasteiger partial charge in [0.15, 0.2) is 23.1 Å². The second kappa shape index (κ2) is 4.94. The SMILES string of the molecule is O=C1C=C(Oc2cccc(F)c2F)C(=O)c2ccccc21. The molecule has 104 valence electrons. The minimum Gasteiger partial charge on any atom is -0.450 e. The fraction of sp³-hybridized carbons (Fsp3) is 0. The first kappa shape index (κ1) is 13.2. The van der Waals surface area contributed by atoms with Crippen LogP contribution in [0.3, 0.4) is 0 Å². The second-order valence-corrected chi connectivity index (χ2v) is 4.40. The van der Waals surface area contributed by atoms with Gasteiger partial charge in [-0.15, -0.1) is 0 Å². The standard InChI is InChI=1S/C16H8F2O3/c17-11-6-3-7-13(15(11)18)21-14-8-12(19)9-4-1-2-5-10(9)16(14)20/h1-8H. The van der Waals surface area contributed by atoms with E-state index in [4.69, 9.17) is 4.74 Å². The monoisotopic (exact) mass is 286 g/mol. The van der Waals surface area contributed by atoms with E-state index in [1.807, 2.05) is 0 Å². The summed E-state index contributed by atoms with van der Waals surface area (Å²) in [5.74, 6) is -4.04. The minimum absolute atomic E-state index is 0.178. The van der Waals surface area contributed by atoms with E-state index in [9.17, 15) is 18.4 Å². The summed E-state index contributed by atoms with van der Waals surface area (Å²) in [7, 11) is 0. The maximum absolute atomic E-state index is 13.6. The molecule has 0 aliphatic heterocycles. The van der Waals surface area contributed by atoms with Crippen molar-refractivity contribution in [2.75, 3.05) is 0 Å². The van der Waals surface area contributed by atoms with Gasteiger partial charge in [-0.1, -0.05) is 30.3 Å². The lowest BCUT2D eigenvalue weighted by molar-refractivity contribution is 0.0945. The Morgan fingerprint density at radius 3 is 2.33 bits per heavy atom. The maximum atomic E-state index is 13.6. The molecule has 0 radical (unpaired) electrons. The van der Waals surface area contributed by atoms with E-state index in [2.05, 4.69) is 0 Å². The van der Waals surface area contributed by atoms with Gasteiger partial charge in [0, 0.05) is 17.2 Å². The zero-order chi connectivity index (χ0) is 15.0. The van der Waals surface area contributed by atoms with Gasteiger partial charge >= 0.3 is 0 Å². The Hall–Kier alpha value is -2.82. The summed E-state index contributed by atoms with van der Waals surface area (Å²) in [5.41, 5.74) is 0.436. The van der Waals surface area contributed by atoms with E-state index in [1.54, 1.807) is 12.1 Å². The summed E-state index contributed by atoms with van der Waals surface area (Å²) in [5, 5.41) is 0. The third kappa shape index (κ3) is 2.23. The van der Waals surface area contributed by atoms with Crippen LogP contribution in [0.1, 0.15) is 20.7 Å². The van der Waals surface area contributed by atoms with Crippen LogP contribution in [0.25, 0.3) is 0 Å². The zero-order valence-electron chi connectivity index (χ0n) is 10.6. The van der Waals surface area contributed by atoms with E-state index in [0.717, 1.165) is 12.1 Å². The number of allylic oxidation sites excluding steroid dienone is 2. The molecule has 0 aromatic heterocycles. The van der Waals surface area contributed by atoms with Crippen LogP contribution in [0.15, 0.2) is 54.3 Å². The summed E-state index contributed by atoms with van der Waals surface area (Å²) < 4.78 is 31.8. The van der Waals surface area contributed by atoms with E-state index >= 15 is 0 Å². The molecule has 0 saturated carbocycles. The van der Waals surface area contributed by atoms with Crippen molar-refractivity contribution in [3.8, 4) is 5.75 Å². The molecule has 0 spiro atoms. The number of Topliss-reactive ketones (excluding diaryl/α,β-unsaturated/α-hetero) is 1. The van der Waals surface area contributed by atoms with Gasteiger partial charge in [-0.05, 0) is 12.1 Å². The molecule has 0 atom stereocenters. The molecule has 1 aliphatic carbocycles. The number of ketones is 2. The zero-order valence-corrected chi connectivity index (χ0v) is 10.6. The van der Waals surface area contributed by atoms with E-state index in [-0.39, 0.29) is 16.9 Å². The van der Waals surface area contributed by atoms with Crippen LogP contribution in [0.4, 0.5) is 8.78 Å². The molecule has 0 unspecified atom stereocenters. The highest BCUT2D eigenvalue weighted by atomic mass is 19.2. The molecular weight excluding hydrogens is 278 g/mol. The van der Waals surface area contributed by atoms with Crippen molar-refractivity contribution < 1.29 is 23.1 Å². The first-order valence-corrected chi connectivity index (χ1v) is 6.09. The molecule has 0 fully saturated rings. The van der Waals surface area contributed by atoms with Crippen LogP contribution in [-0.2, 0) is 0 Å². The van der Waals surface area contributed by atoms with Gasteiger partial charge in [0.1, 0.15) is 0 Å². The van der Waals surface area contributed by atoms with Crippen molar-refractivity contribution in [1.82, 2.24) is 0 Å². The molecule has 5 heteroatoms. The number of benzene rings is 2. The van der Waals surface area contributed by atoms with E-state index in [0.29, 0.717) is 0 Å². The van der Waals surface area contributed by atoms with Gasteiger partial charge in [-0.25, -0.2) is 4.39 Å². The molecule has 0 saturated heterocycles. The van der Waals surface area contributed by atoms with Crippen LogP contribution in [0.5, 0.6) is 5.75 Å². The average molecular weight is 286 g/mol. The number of rotatable bonds is 2. The van der Waals surface area contributed by atoms with Crippen molar-refractivity contribution in [3.05, 3.63) is 77.1 Å². The first-order chi connectivity index (χ1) is 10.1. The predicted octanol–water partition coefficient (Wildman–Crippen LogP) is 3.31. The molecule has 0 amide bonds. The van der Waals surface area contributed by atoms with Gasteiger partial charge in [0.2, 0.25) is 11.6 Å². The molecule has 21 heavy (non-hydrogen) atoms. The molecule has 2 aromatic carbocycles. The van der Waals surface area contributed by atoms with Crippen LogP contribution in [0.2, 0.25) is 0 Å². The normalized spacial score (nSPS) is 13.7. The highest BCUT2D eigenvalue weighted by Gasteiger charge is 2.27. The Balaban J connectivity index is 2.00. The molecule has 0 heterocycles. The summed E-state index contributed by atoms with van der Waals surface area (Å²) in [4.78, 5) is 24.1. The Morgan fingerprint density at radius 1 is 0.857 bits per heavy atom. The summed E-state index contributed by atoms with van der Waals surface area (Å²) in [6.45, 7) is 0. The molecule has 2 aromatic rings. The second-order valence-electron chi connectivity index (χ2n) is 4.40. The predicted molar refractivity (Wildman–Crippen MR) is 70.2 cm³/mol. The van der Waals surface area contributed by atoms with E-state index in [1.165, 1.54) is 24.3 Å². The van der Waals surface area contributed by atoms with Gasteiger partial charge in [-0.3, -0.25) is 9.59 Å². The lowest BCUT2D eigenvalue weighted by atomic mass is 9.94. The Kier molecular flexibility index (Phi) is 3.10. The highest BCUT2D eigenvalue weighted by molar-refractivity contribution is 6.23. The lowest BCUT2D eigenvalue weighted by Crippen LogP contribution is -2.20. The fourth-order valence-corrected chi connectivity index (χ4v) is 2.05. The third-order valence-electron chi connectivity index (χ3n) is 3.06. The van der Waals surface area contributed by atoms with Crippen molar-refractivity contribution >= 4 is 11.6 Å². The average Bonchev–Trinajstić information content (AvgIpc) is 2.49. The molecule has 1 aliphatic rings. The quantitative estimate of drug-likeness (QED) is 0.850. The van der Waals surface area contributed by atoms with Gasteiger partial charge in [-0.2, -0.15) is 4.39 Å². The van der Waals surface area contributed by atoms with Crippen molar-refractivity contribution in [2.45, 2.75) is 0 Å². The Labute approximate surface area is 118 Å². The third-order valence-corrected chi connectivity index (χ3v) is 3.06.